The van der Waals surface area contributed by atoms with Gasteiger partial charge in [0.1, 0.15) is 5.15 Å². The molecule has 0 bridgehead atoms. The molecule has 0 aliphatic carbocycles. The Bertz CT molecular complexity index is 1860. The highest BCUT2D eigenvalue weighted by Gasteiger charge is 2.11. The lowest BCUT2D eigenvalue weighted by molar-refractivity contribution is 1.13. The van der Waals surface area contributed by atoms with Gasteiger partial charge >= 0.3 is 0 Å². The number of aromatic amines is 2. The Morgan fingerprint density at radius 2 is 1.38 bits per heavy atom. The number of rotatable bonds is 1. The molecular formula is C28H19Cl3N8. The number of fused-ring (bicyclic) bond motifs is 2. The van der Waals surface area contributed by atoms with Crippen molar-refractivity contribution in [1.29, 1.82) is 0 Å². The van der Waals surface area contributed by atoms with E-state index in [0.717, 1.165) is 44.2 Å². The summed E-state index contributed by atoms with van der Waals surface area (Å²) in [5.74, 6) is 0. The molecule has 0 fully saturated rings. The molecule has 0 atom stereocenters. The third-order valence-corrected chi connectivity index (χ3v) is 6.29. The molecule has 0 radical (unpaired) electrons. The van der Waals surface area contributed by atoms with Crippen LogP contribution in [0.25, 0.3) is 42.8 Å². The summed E-state index contributed by atoms with van der Waals surface area (Å²) in [6.07, 6.45) is 7.04. The van der Waals surface area contributed by atoms with Gasteiger partial charge in [-0.05, 0) is 66.2 Å². The number of benzene rings is 2. The van der Waals surface area contributed by atoms with Crippen molar-refractivity contribution in [2.75, 3.05) is 0 Å². The average Bonchev–Trinajstić information content (AvgIpc) is 3.59. The van der Waals surface area contributed by atoms with E-state index in [9.17, 15) is 0 Å². The predicted octanol–water partition coefficient (Wildman–Crippen LogP) is 8.95. The lowest BCUT2D eigenvalue weighted by Gasteiger charge is -2.03. The molecule has 0 spiro atoms. The second-order valence-corrected chi connectivity index (χ2v) is 9.22. The maximum absolute atomic E-state index is 7.03. The summed E-state index contributed by atoms with van der Waals surface area (Å²) in [5.41, 5.74) is 6.80. The summed E-state index contributed by atoms with van der Waals surface area (Å²) >= 11 is 16.8. The molecule has 6 aromatic rings. The molecule has 0 saturated heterocycles. The van der Waals surface area contributed by atoms with Crippen molar-refractivity contribution in [3.05, 3.63) is 117 Å². The standard InChI is InChI=1S/C14H9ClN4.C9H6N2.C5H4Cl2N2/c1-8-6-18-14(15)19-13(8)11-7-17-12-5-9(16-2)3-4-10(11)12;1-10-8-3-2-7-4-5-11-9(7)6-8;1-3-2-8-5(7)9-4(3)6/h3-7,17H,1H3;2-6,11H;2H,1H3. The van der Waals surface area contributed by atoms with Crippen molar-refractivity contribution in [2.24, 2.45) is 0 Å². The Hall–Kier alpha value is -4.47. The van der Waals surface area contributed by atoms with Crippen LogP contribution < -0.4 is 0 Å². The number of nitrogens with one attached hydrogen (secondary N) is 2. The van der Waals surface area contributed by atoms with Crippen molar-refractivity contribution in [2.45, 2.75) is 13.8 Å². The topological polar surface area (TPSA) is 91.9 Å². The summed E-state index contributed by atoms with van der Waals surface area (Å²) in [6.45, 7) is 17.6. The van der Waals surface area contributed by atoms with Gasteiger partial charge < -0.3 is 9.97 Å². The van der Waals surface area contributed by atoms with E-state index in [1.807, 2.05) is 62.6 Å². The van der Waals surface area contributed by atoms with Crippen LogP contribution in [0.5, 0.6) is 0 Å². The molecule has 6 rings (SSSR count). The van der Waals surface area contributed by atoms with E-state index in [2.05, 4.69) is 39.6 Å². The van der Waals surface area contributed by atoms with Gasteiger partial charge in [0.05, 0.1) is 18.8 Å². The second kappa shape index (κ2) is 12.4. The average molecular weight is 574 g/mol. The third-order valence-electron chi connectivity index (χ3n) is 5.54. The monoisotopic (exact) mass is 572 g/mol. The molecule has 2 N–H and O–H groups in total. The lowest BCUT2D eigenvalue weighted by atomic mass is 10.1. The van der Waals surface area contributed by atoms with Gasteiger partial charge in [0.25, 0.3) is 0 Å². The second-order valence-electron chi connectivity index (χ2n) is 8.19. The van der Waals surface area contributed by atoms with Gasteiger partial charge in [-0.3, -0.25) is 0 Å². The van der Waals surface area contributed by atoms with E-state index in [-0.39, 0.29) is 10.6 Å². The SMILES string of the molecule is Cc1cnc(Cl)nc1Cl.[C-]#[N+]c1ccc2c(-c3nc(Cl)ncc3C)c[nH]c2c1.[C-]#[N+]c1ccc2cc[nH]c2c1. The summed E-state index contributed by atoms with van der Waals surface area (Å²) in [6, 6.07) is 13.1. The zero-order valence-corrected chi connectivity index (χ0v) is 22.9. The molecule has 8 nitrogen and oxygen atoms in total. The molecule has 4 heterocycles. The number of halogens is 3. The van der Waals surface area contributed by atoms with Crippen LogP contribution >= 0.6 is 34.8 Å². The number of aromatic nitrogens is 6. The molecule has 4 aromatic heterocycles. The molecule has 11 heteroatoms. The third kappa shape index (κ3) is 6.70. The van der Waals surface area contributed by atoms with Gasteiger partial charge in [-0.25, -0.2) is 29.6 Å². The number of hydrogen-bond donors (Lipinski definition) is 2. The van der Waals surface area contributed by atoms with Crippen LogP contribution in [0.3, 0.4) is 0 Å². The Labute approximate surface area is 239 Å². The van der Waals surface area contributed by atoms with E-state index in [0.29, 0.717) is 16.5 Å². The highest BCUT2D eigenvalue weighted by Crippen LogP contribution is 2.31. The lowest BCUT2D eigenvalue weighted by Crippen LogP contribution is -1.90. The van der Waals surface area contributed by atoms with Crippen LogP contribution in [0.2, 0.25) is 15.7 Å². The maximum Gasteiger partial charge on any atom is 0.223 e. The van der Waals surface area contributed by atoms with E-state index >= 15 is 0 Å². The van der Waals surface area contributed by atoms with Crippen molar-refractivity contribution in [3.8, 4) is 11.3 Å². The molecule has 39 heavy (non-hydrogen) atoms. The van der Waals surface area contributed by atoms with E-state index in [1.54, 1.807) is 18.5 Å². The van der Waals surface area contributed by atoms with Gasteiger partial charge in [0, 0.05) is 52.3 Å². The predicted molar refractivity (Wildman–Crippen MR) is 157 cm³/mol. The zero-order chi connectivity index (χ0) is 27.9. The van der Waals surface area contributed by atoms with Gasteiger partial charge in [-0.2, -0.15) is 0 Å². The van der Waals surface area contributed by atoms with Crippen LogP contribution in [-0.2, 0) is 0 Å². The van der Waals surface area contributed by atoms with Crippen molar-refractivity contribution in [1.82, 2.24) is 29.9 Å². The first-order valence-electron chi connectivity index (χ1n) is 11.4. The van der Waals surface area contributed by atoms with Gasteiger partial charge in [0.2, 0.25) is 10.6 Å². The van der Waals surface area contributed by atoms with Crippen LogP contribution in [0.15, 0.2) is 67.3 Å². The molecule has 192 valence electrons. The Morgan fingerprint density at radius 1 is 0.744 bits per heavy atom. The Kier molecular flexibility index (Phi) is 8.75. The molecule has 0 unspecified atom stereocenters. The van der Waals surface area contributed by atoms with Gasteiger partial charge in [0.15, 0.2) is 11.4 Å². The summed E-state index contributed by atoms with van der Waals surface area (Å²) < 4.78 is 0. The van der Waals surface area contributed by atoms with Gasteiger partial charge in [-0.1, -0.05) is 35.9 Å². The van der Waals surface area contributed by atoms with E-state index in [1.165, 1.54) is 0 Å². The molecule has 0 aliphatic heterocycles. The first-order chi connectivity index (χ1) is 18.8. The molecular weight excluding hydrogens is 555 g/mol. The minimum absolute atomic E-state index is 0.186. The molecule has 0 saturated carbocycles. The number of hydrogen-bond acceptors (Lipinski definition) is 4. The fourth-order valence-electron chi connectivity index (χ4n) is 3.58. The first kappa shape index (κ1) is 27.6. The van der Waals surface area contributed by atoms with Crippen molar-refractivity contribution < 1.29 is 0 Å². The quantitative estimate of drug-likeness (QED) is 0.117. The molecule has 0 aliphatic rings. The molecule has 0 amide bonds. The Balaban J connectivity index is 0.000000149. The van der Waals surface area contributed by atoms with Crippen LogP contribution in [0, 0.1) is 27.0 Å². The van der Waals surface area contributed by atoms with Gasteiger partial charge in [-0.15, -0.1) is 0 Å². The minimum Gasteiger partial charge on any atom is -0.362 e. The number of nitrogens with zero attached hydrogens (tertiary/aromatic N) is 6. The fourth-order valence-corrected chi connectivity index (χ4v) is 4.02. The summed E-state index contributed by atoms with van der Waals surface area (Å²) in [7, 11) is 0. The first-order valence-corrected chi connectivity index (χ1v) is 12.5. The number of H-pyrrole nitrogens is 2. The summed E-state index contributed by atoms with van der Waals surface area (Å²) in [4.78, 5) is 28.6. The largest absolute Gasteiger partial charge is 0.362 e. The summed E-state index contributed by atoms with van der Waals surface area (Å²) in [5, 5.41) is 3.00. The smallest absolute Gasteiger partial charge is 0.223 e. The number of aryl methyl sites for hydroxylation is 2. The highest BCUT2D eigenvalue weighted by molar-refractivity contribution is 6.32. The van der Waals surface area contributed by atoms with Crippen LogP contribution in [0.1, 0.15) is 11.1 Å². The highest BCUT2D eigenvalue weighted by atomic mass is 35.5. The maximum atomic E-state index is 7.03. The van der Waals surface area contributed by atoms with Crippen LogP contribution in [0.4, 0.5) is 11.4 Å². The minimum atomic E-state index is 0.186. The zero-order valence-electron chi connectivity index (χ0n) is 20.7. The van der Waals surface area contributed by atoms with Crippen LogP contribution in [-0.4, -0.2) is 29.9 Å². The van der Waals surface area contributed by atoms with Crippen molar-refractivity contribution in [3.63, 3.8) is 0 Å². The van der Waals surface area contributed by atoms with E-state index in [4.69, 9.17) is 47.9 Å². The fraction of sp³-hybridized carbons (Fsp3) is 0.0714. The van der Waals surface area contributed by atoms with E-state index < -0.39 is 0 Å². The van der Waals surface area contributed by atoms with Crippen molar-refractivity contribution >= 4 is 68.0 Å². The normalized spacial score (nSPS) is 10.1. The molecule has 2 aromatic carbocycles. The Morgan fingerprint density at radius 3 is 2.05 bits per heavy atom.